The number of nitrogens with zero attached hydrogens (tertiary/aromatic N) is 1. The van der Waals surface area contributed by atoms with Crippen LogP contribution >= 0.6 is 0 Å². The number of methoxy groups -OCH3 is 1. The summed E-state index contributed by atoms with van der Waals surface area (Å²) in [5.41, 5.74) is 0.815. The lowest BCUT2D eigenvalue weighted by Crippen LogP contribution is -2.36. The SMILES string of the molecule is COC(=O)c1ccccc1/C=C(\C#N)C(=O)NC1CCCCC1. The molecule has 0 heterocycles. The third kappa shape index (κ3) is 4.43. The van der Waals surface area contributed by atoms with E-state index in [9.17, 15) is 14.9 Å². The second kappa shape index (κ2) is 8.14. The fourth-order valence-electron chi connectivity index (χ4n) is 2.73. The van der Waals surface area contributed by atoms with Crippen molar-refractivity contribution in [3.63, 3.8) is 0 Å². The number of rotatable bonds is 4. The highest BCUT2D eigenvalue weighted by atomic mass is 16.5. The normalized spacial score (nSPS) is 15.6. The van der Waals surface area contributed by atoms with Gasteiger partial charge in [-0.05, 0) is 30.5 Å². The van der Waals surface area contributed by atoms with Crippen LogP contribution < -0.4 is 5.32 Å². The highest BCUT2D eigenvalue weighted by Gasteiger charge is 2.19. The van der Waals surface area contributed by atoms with Crippen LogP contribution in [-0.2, 0) is 9.53 Å². The Morgan fingerprint density at radius 2 is 1.96 bits per heavy atom. The molecule has 0 radical (unpaired) electrons. The summed E-state index contributed by atoms with van der Waals surface area (Å²) in [7, 11) is 1.30. The summed E-state index contributed by atoms with van der Waals surface area (Å²) in [5.74, 6) is -0.888. The molecule has 5 nitrogen and oxygen atoms in total. The summed E-state index contributed by atoms with van der Waals surface area (Å²) < 4.78 is 4.72. The molecule has 0 spiro atoms. The number of amides is 1. The fourth-order valence-corrected chi connectivity index (χ4v) is 2.73. The second-order valence-corrected chi connectivity index (χ2v) is 5.56. The lowest BCUT2D eigenvalue weighted by molar-refractivity contribution is -0.117. The predicted molar refractivity (Wildman–Crippen MR) is 86.4 cm³/mol. The molecule has 1 aliphatic rings. The van der Waals surface area contributed by atoms with Gasteiger partial charge in [0, 0.05) is 6.04 Å². The molecule has 0 bridgehead atoms. The molecule has 1 N–H and O–H groups in total. The standard InChI is InChI=1S/C18H20N2O3/c1-23-18(22)16-10-6-5-7-13(16)11-14(12-19)17(21)20-15-8-3-2-4-9-15/h5-7,10-11,15H,2-4,8-9H2,1H3,(H,20,21)/b14-11+. The Hall–Kier alpha value is -2.61. The number of hydrogen-bond donors (Lipinski definition) is 1. The third-order valence-electron chi connectivity index (χ3n) is 3.97. The molecule has 0 saturated heterocycles. The number of ether oxygens (including phenoxy) is 1. The van der Waals surface area contributed by atoms with Gasteiger partial charge < -0.3 is 10.1 Å². The van der Waals surface area contributed by atoms with Crippen molar-refractivity contribution in [1.82, 2.24) is 5.32 Å². The first-order valence-corrected chi connectivity index (χ1v) is 7.75. The average molecular weight is 312 g/mol. The molecule has 5 heteroatoms. The molecule has 1 aromatic rings. The summed E-state index contributed by atoms with van der Waals surface area (Å²) in [4.78, 5) is 24.0. The highest BCUT2D eigenvalue weighted by molar-refractivity contribution is 6.03. The molecule has 2 rings (SSSR count). The third-order valence-corrected chi connectivity index (χ3v) is 3.97. The van der Waals surface area contributed by atoms with Crippen molar-refractivity contribution in [2.24, 2.45) is 0 Å². The summed E-state index contributed by atoms with van der Waals surface area (Å²) in [5, 5.41) is 12.2. The molecule has 0 aliphatic heterocycles. The van der Waals surface area contributed by atoms with Crippen molar-refractivity contribution >= 4 is 18.0 Å². The fraction of sp³-hybridized carbons (Fsp3) is 0.389. The zero-order valence-corrected chi connectivity index (χ0v) is 13.2. The van der Waals surface area contributed by atoms with E-state index in [-0.39, 0.29) is 17.5 Å². The van der Waals surface area contributed by atoms with Crippen LogP contribution in [0.3, 0.4) is 0 Å². The lowest BCUT2D eigenvalue weighted by atomic mass is 9.95. The van der Waals surface area contributed by atoms with Crippen molar-refractivity contribution in [2.75, 3.05) is 7.11 Å². The van der Waals surface area contributed by atoms with Crippen molar-refractivity contribution in [3.8, 4) is 6.07 Å². The number of carbonyl (C=O) groups is 2. The van der Waals surface area contributed by atoms with Crippen LogP contribution in [0, 0.1) is 11.3 Å². The topological polar surface area (TPSA) is 79.2 Å². The maximum absolute atomic E-state index is 12.3. The van der Waals surface area contributed by atoms with Gasteiger partial charge in [-0.25, -0.2) is 4.79 Å². The van der Waals surface area contributed by atoms with Gasteiger partial charge in [0.05, 0.1) is 12.7 Å². The molecule has 0 atom stereocenters. The number of esters is 1. The van der Waals surface area contributed by atoms with E-state index in [0.717, 1.165) is 25.7 Å². The van der Waals surface area contributed by atoms with E-state index < -0.39 is 5.97 Å². The van der Waals surface area contributed by atoms with E-state index in [0.29, 0.717) is 11.1 Å². The van der Waals surface area contributed by atoms with E-state index >= 15 is 0 Å². The molecule has 1 aliphatic carbocycles. The Morgan fingerprint density at radius 3 is 2.61 bits per heavy atom. The highest BCUT2D eigenvalue weighted by Crippen LogP contribution is 2.19. The Kier molecular flexibility index (Phi) is 5.93. The van der Waals surface area contributed by atoms with Crippen molar-refractivity contribution in [2.45, 2.75) is 38.1 Å². The summed E-state index contributed by atoms with van der Waals surface area (Å²) in [6.07, 6.45) is 6.72. The zero-order valence-electron chi connectivity index (χ0n) is 13.2. The van der Waals surface area contributed by atoms with Gasteiger partial charge in [0.25, 0.3) is 5.91 Å². The van der Waals surface area contributed by atoms with Gasteiger partial charge in [-0.3, -0.25) is 4.79 Å². The Labute approximate surface area is 135 Å². The number of hydrogen-bond acceptors (Lipinski definition) is 4. The van der Waals surface area contributed by atoms with Crippen LogP contribution in [0.5, 0.6) is 0 Å². The average Bonchev–Trinajstić information content (AvgIpc) is 2.60. The summed E-state index contributed by atoms with van der Waals surface area (Å²) >= 11 is 0. The Morgan fingerprint density at radius 1 is 1.26 bits per heavy atom. The maximum atomic E-state index is 12.3. The van der Waals surface area contributed by atoms with E-state index in [1.54, 1.807) is 24.3 Å². The summed E-state index contributed by atoms with van der Waals surface area (Å²) in [6, 6.07) is 8.78. The largest absolute Gasteiger partial charge is 0.465 e. The maximum Gasteiger partial charge on any atom is 0.338 e. The first-order chi connectivity index (χ1) is 11.2. The predicted octanol–water partition coefficient (Wildman–Crippen LogP) is 2.83. The van der Waals surface area contributed by atoms with Gasteiger partial charge in [-0.2, -0.15) is 5.26 Å². The minimum absolute atomic E-state index is 0.00748. The molecule has 0 aromatic heterocycles. The minimum atomic E-state index is -0.498. The Bertz CT molecular complexity index is 652. The van der Waals surface area contributed by atoms with E-state index in [4.69, 9.17) is 4.74 Å². The lowest BCUT2D eigenvalue weighted by Gasteiger charge is -2.22. The zero-order chi connectivity index (χ0) is 16.7. The molecular formula is C18H20N2O3. The van der Waals surface area contributed by atoms with Gasteiger partial charge in [0.15, 0.2) is 0 Å². The van der Waals surface area contributed by atoms with Crippen molar-refractivity contribution in [3.05, 3.63) is 41.0 Å². The number of carbonyl (C=O) groups excluding carboxylic acids is 2. The molecule has 120 valence electrons. The molecular weight excluding hydrogens is 292 g/mol. The van der Waals surface area contributed by atoms with Crippen LogP contribution in [0.25, 0.3) is 6.08 Å². The quantitative estimate of drug-likeness (QED) is 0.527. The molecule has 1 aromatic carbocycles. The molecule has 23 heavy (non-hydrogen) atoms. The summed E-state index contributed by atoms with van der Waals surface area (Å²) in [6.45, 7) is 0. The van der Waals surface area contributed by atoms with Gasteiger partial charge in [-0.1, -0.05) is 37.5 Å². The van der Waals surface area contributed by atoms with Gasteiger partial charge in [-0.15, -0.1) is 0 Å². The number of benzene rings is 1. The van der Waals surface area contributed by atoms with E-state index in [2.05, 4.69) is 5.32 Å². The van der Waals surface area contributed by atoms with Gasteiger partial charge >= 0.3 is 5.97 Å². The molecule has 1 amide bonds. The van der Waals surface area contributed by atoms with Crippen molar-refractivity contribution < 1.29 is 14.3 Å². The van der Waals surface area contributed by atoms with Crippen LogP contribution in [0.1, 0.15) is 48.0 Å². The van der Waals surface area contributed by atoms with Crippen LogP contribution in [-0.4, -0.2) is 25.0 Å². The first kappa shape index (κ1) is 16.8. The van der Waals surface area contributed by atoms with Gasteiger partial charge in [0.2, 0.25) is 0 Å². The molecule has 1 fully saturated rings. The van der Waals surface area contributed by atoms with Crippen LogP contribution in [0.15, 0.2) is 29.8 Å². The van der Waals surface area contributed by atoms with E-state index in [1.165, 1.54) is 19.6 Å². The Balaban J connectivity index is 2.20. The first-order valence-electron chi connectivity index (χ1n) is 7.75. The number of nitrogens with one attached hydrogen (secondary N) is 1. The molecule has 1 saturated carbocycles. The monoisotopic (exact) mass is 312 g/mol. The molecule has 0 unspecified atom stereocenters. The van der Waals surface area contributed by atoms with Crippen molar-refractivity contribution in [1.29, 1.82) is 5.26 Å². The van der Waals surface area contributed by atoms with Crippen LogP contribution in [0.2, 0.25) is 0 Å². The van der Waals surface area contributed by atoms with Crippen LogP contribution in [0.4, 0.5) is 0 Å². The minimum Gasteiger partial charge on any atom is -0.465 e. The van der Waals surface area contributed by atoms with Gasteiger partial charge in [0.1, 0.15) is 11.6 Å². The second-order valence-electron chi connectivity index (χ2n) is 5.56. The number of nitriles is 1. The smallest absolute Gasteiger partial charge is 0.338 e. The van der Waals surface area contributed by atoms with E-state index in [1.807, 2.05) is 6.07 Å².